The number of halogens is 1. The topological polar surface area (TPSA) is 3.24 Å². The Hall–Kier alpha value is -2.61. The zero-order valence-electron chi connectivity index (χ0n) is 11.7. The second-order valence-electron chi connectivity index (χ2n) is 4.92. The van der Waals surface area contributed by atoms with Gasteiger partial charge in [-0.15, -0.1) is 6.58 Å². The first-order valence-corrected chi connectivity index (χ1v) is 6.90. The van der Waals surface area contributed by atoms with Crippen LogP contribution in [0.1, 0.15) is 11.1 Å². The largest absolute Gasteiger partial charge is 0.343 e. The maximum Gasteiger partial charge on any atom is 0.123 e. The molecule has 0 amide bonds. The fourth-order valence-electron chi connectivity index (χ4n) is 2.45. The van der Waals surface area contributed by atoms with Gasteiger partial charge in [0.1, 0.15) is 5.82 Å². The predicted octanol–water partition coefficient (Wildman–Crippen LogP) is 4.89. The normalized spacial score (nSPS) is 13.4. The van der Waals surface area contributed by atoms with Crippen molar-refractivity contribution in [2.24, 2.45) is 0 Å². The number of hydrogen-bond acceptors (Lipinski definition) is 1. The quantitative estimate of drug-likeness (QED) is 0.722. The van der Waals surface area contributed by atoms with Gasteiger partial charge in [0.15, 0.2) is 0 Å². The molecule has 0 radical (unpaired) electrons. The van der Waals surface area contributed by atoms with Gasteiger partial charge in [0.2, 0.25) is 0 Å². The van der Waals surface area contributed by atoms with E-state index in [4.69, 9.17) is 0 Å². The monoisotopic (exact) mass is 277 g/mol. The standard InChI is InChI=1S/C19H16FN/c1-2-13-21-14-17(15-9-11-18(20)12-10-15)8-7-16-5-3-4-6-19(16)21/h2-12,14H,1,13H2. The number of benzene rings is 2. The molecule has 2 aromatic carbocycles. The van der Waals surface area contributed by atoms with E-state index in [1.165, 1.54) is 12.1 Å². The minimum absolute atomic E-state index is 0.219. The fraction of sp³-hybridized carbons (Fsp3) is 0.0526. The number of fused-ring (bicyclic) bond motifs is 1. The summed E-state index contributed by atoms with van der Waals surface area (Å²) in [5, 5.41) is 0. The van der Waals surface area contributed by atoms with Crippen molar-refractivity contribution in [1.29, 1.82) is 0 Å². The van der Waals surface area contributed by atoms with E-state index in [9.17, 15) is 4.39 Å². The summed E-state index contributed by atoms with van der Waals surface area (Å²) in [6.07, 6.45) is 8.11. The van der Waals surface area contributed by atoms with Crippen molar-refractivity contribution in [3.63, 3.8) is 0 Å². The van der Waals surface area contributed by atoms with E-state index < -0.39 is 0 Å². The Morgan fingerprint density at radius 1 is 1.00 bits per heavy atom. The molecule has 0 bridgehead atoms. The molecule has 0 aromatic heterocycles. The first-order chi connectivity index (χ1) is 10.3. The zero-order chi connectivity index (χ0) is 14.7. The van der Waals surface area contributed by atoms with Gasteiger partial charge in [-0.05, 0) is 34.9 Å². The Labute approximate surface area is 124 Å². The van der Waals surface area contributed by atoms with E-state index >= 15 is 0 Å². The smallest absolute Gasteiger partial charge is 0.123 e. The average Bonchev–Trinajstić information content (AvgIpc) is 2.69. The van der Waals surface area contributed by atoms with Crippen molar-refractivity contribution in [3.8, 4) is 0 Å². The molecule has 104 valence electrons. The molecular formula is C19H16FN. The highest BCUT2D eigenvalue weighted by Crippen LogP contribution is 2.29. The summed E-state index contributed by atoms with van der Waals surface area (Å²) in [7, 11) is 0. The van der Waals surface area contributed by atoms with Crippen molar-refractivity contribution in [1.82, 2.24) is 0 Å². The molecule has 0 saturated heterocycles. The minimum Gasteiger partial charge on any atom is -0.343 e. The van der Waals surface area contributed by atoms with E-state index in [2.05, 4.69) is 42.0 Å². The summed E-state index contributed by atoms with van der Waals surface area (Å²) in [4.78, 5) is 2.15. The van der Waals surface area contributed by atoms with Gasteiger partial charge in [0.05, 0.1) is 0 Å². The summed E-state index contributed by atoms with van der Waals surface area (Å²) in [5.41, 5.74) is 4.35. The first-order valence-electron chi connectivity index (χ1n) is 6.90. The first kappa shape index (κ1) is 13.4. The molecule has 1 aliphatic rings. The van der Waals surface area contributed by atoms with Crippen LogP contribution in [0.3, 0.4) is 0 Å². The second-order valence-corrected chi connectivity index (χ2v) is 4.92. The molecule has 0 N–H and O–H groups in total. The molecule has 2 heteroatoms. The van der Waals surface area contributed by atoms with Gasteiger partial charge in [0, 0.05) is 18.4 Å². The van der Waals surface area contributed by atoms with Crippen LogP contribution in [0.25, 0.3) is 11.6 Å². The Morgan fingerprint density at radius 2 is 1.76 bits per heavy atom. The van der Waals surface area contributed by atoms with Crippen LogP contribution in [-0.2, 0) is 0 Å². The lowest BCUT2D eigenvalue weighted by Gasteiger charge is -2.20. The van der Waals surface area contributed by atoms with Gasteiger partial charge >= 0.3 is 0 Å². The third-order valence-electron chi connectivity index (χ3n) is 3.49. The Morgan fingerprint density at radius 3 is 2.52 bits per heavy atom. The molecule has 21 heavy (non-hydrogen) atoms. The van der Waals surface area contributed by atoms with E-state index in [1.807, 2.05) is 18.2 Å². The number of allylic oxidation sites excluding steroid dienone is 2. The van der Waals surface area contributed by atoms with Gasteiger partial charge in [-0.1, -0.05) is 48.6 Å². The second kappa shape index (κ2) is 5.80. The minimum atomic E-state index is -0.219. The van der Waals surface area contributed by atoms with Crippen molar-refractivity contribution < 1.29 is 4.39 Å². The Kier molecular flexibility index (Phi) is 3.69. The maximum absolute atomic E-state index is 13.1. The number of rotatable bonds is 3. The molecule has 1 heterocycles. The van der Waals surface area contributed by atoms with Crippen LogP contribution >= 0.6 is 0 Å². The predicted molar refractivity (Wildman–Crippen MR) is 87.4 cm³/mol. The van der Waals surface area contributed by atoms with Gasteiger partial charge < -0.3 is 4.90 Å². The molecule has 0 aliphatic carbocycles. The lowest BCUT2D eigenvalue weighted by atomic mass is 10.1. The van der Waals surface area contributed by atoms with E-state index in [0.29, 0.717) is 0 Å². The van der Waals surface area contributed by atoms with Crippen molar-refractivity contribution >= 4 is 17.3 Å². The fourth-order valence-corrected chi connectivity index (χ4v) is 2.45. The van der Waals surface area contributed by atoms with Crippen LogP contribution in [-0.4, -0.2) is 6.54 Å². The number of hydrogen-bond donors (Lipinski definition) is 0. The highest BCUT2D eigenvalue weighted by atomic mass is 19.1. The van der Waals surface area contributed by atoms with Crippen molar-refractivity contribution in [2.45, 2.75) is 0 Å². The zero-order valence-corrected chi connectivity index (χ0v) is 11.7. The van der Waals surface area contributed by atoms with Crippen LogP contribution in [0.2, 0.25) is 0 Å². The third kappa shape index (κ3) is 2.79. The number of anilines is 1. The van der Waals surface area contributed by atoms with Crippen LogP contribution < -0.4 is 4.90 Å². The van der Waals surface area contributed by atoms with Gasteiger partial charge in [-0.2, -0.15) is 0 Å². The Bertz CT molecular complexity index is 711. The molecule has 2 aromatic rings. The molecule has 0 atom stereocenters. The SMILES string of the molecule is C=CCN1C=C(c2ccc(F)cc2)C=Cc2ccccc21. The highest BCUT2D eigenvalue weighted by molar-refractivity contribution is 5.86. The van der Waals surface area contributed by atoms with Gasteiger partial charge in [-0.3, -0.25) is 0 Å². The molecular weight excluding hydrogens is 261 g/mol. The van der Waals surface area contributed by atoms with E-state index in [1.54, 1.807) is 12.1 Å². The van der Waals surface area contributed by atoms with E-state index in [0.717, 1.165) is 28.9 Å². The summed E-state index contributed by atoms with van der Waals surface area (Å²) in [6.45, 7) is 4.55. The summed E-state index contributed by atoms with van der Waals surface area (Å²) in [6, 6.07) is 14.8. The Balaban J connectivity index is 2.06. The highest BCUT2D eigenvalue weighted by Gasteiger charge is 2.11. The average molecular weight is 277 g/mol. The molecule has 0 spiro atoms. The lowest BCUT2D eigenvalue weighted by molar-refractivity contribution is 0.627. The van der Waals surface area contributed by atoms with Crippen molar-refractivity contribution in [3.05, 3.63) is 90.4 Å². The number of para-hydroxylation sites is 1. The van der Waals surface area contributed by atoms with Crippen LogP contribution in [0.4, 0.5) is 10.1 Å². The summed E-state index contributed by atoms with van der Waals surface area (Å²) >= 11 is 0. The van der Waals surface area contributed by atoms with Crippen LogP contribution in [0.15, 0.2) is 73.5 Å². The molecule has 3 rings (SSSR count). The molecule has 1 aliphatic heterocycles. The summed E-state index contributed by atoms with van der Waals surface area (Å²) in [5.74, 6) is -0.219. The third-order valence-corrected chi connectivity index (χ3v) is 3.49. The molecule has 1 nitrogen and oxygen atoms in total. The molecule has 0 unspecified atom stereocenters. The van der Waals surface area contributed by atoms with Gasteiger partial charge in [-0.25, -0.2) is 4.39 Å². The summed E-state index contributed by atoms with van der Waals surface area (Å²) < 4.78 is 13.1. The van der Waals surface area contributed by atoms with Gasteiger partial charge in [0.25, 0.3) is 0 Å². The van der Waals surface area contributed by atoms with Crippen molar-refractivity contribution in [2.75, 3.05) is 11.4 Å². The lowest BCUT2D eigenvalue weighted by Crippen LogP contribution is -2.16. The number of nitrogens with zero attached hydrogens (tertiary/aromatic N) is 1. The molecule has 0 saturated carbocycles. The molecule has 0 fully saturated rings. The maximum atomic E-state index is 13.1. The van der Waals surface area contributed by atoms with E-state index in [-0.39, 0.29) is 5.82 Å². The van der Waals surface area contributed by atoms with Crippen LogP contribution in [0, 0.1) is 5.82 Å². The van der Waals surface area contributed by atoms with Crippen LogP contribution in [0.5, 0.6) is 0 Å².